The minimum Gasteiger partial charge on any atom is -0.509 e. The fraction of sp³-hybridized carbons (Fsp3) is 0.147. The second kappa shape index (κ2) is 18.8. The summed E-state index contributed by atoms with van der Waals surface area (Å²) >= 11 is 0. The summed E-state index contributed by atoms with van der Waals surface area (Å²) in [5.41, 5.74) is 16.0. The van der Waals surface area contributed by atoms with Crippen LogP contribution in [-0.4, -0.2) is 9.55 Å². The average Bonchev–Trinajstić information content (AvgIpc) is 2.74. The molecular formula is C75H55N4OPt-3. The van der Waals surface area contributed by atoms with Crippen molar-refractivity contribution in [3.05, 3.63) is 295 Å². The number of hydrogen-bond acceptors (Lipinski definition) is 4. The molecule has 81 heavy (non-hydrogen) atoms. The third-order valence-corrected chi connectivity index (χ3v) is 19.3. The van der Waals surface area contributed by atoms with Crippen molar-refractivity contribution in [1.82, 2.24) is 9.55 Å². The van der Waals surface area contributed by atoms with Crippen molar-refractivity contribution in [1.29, 1.82) is 0 Å². The molecule has 4 bridgehead atoms. The zero-order chi connectivity index (χ0) is 52.5. The summed E-state index contributed by atoms with van der Waals surface area (Å²) in [6, 6.07) is 94.0. The molecule has 0 saturated heterocycles. The van der Waals surface area contributed by atoms with Gasteiger partial charge in [-0.05, 0) is 159 Å². The van der Waals surface area contributed by atoms with E-state index in [4.69, 9.17) is 9.72 Å². The maximum absolute atomic E-state index is 6.86. The van der Waals surface area contributed by atoms with E-state index in [1.165, 1.54) is 87.4 Å². The predicted molar refractivity (Wildman–Crippen MR) is 323 cm³/mol. The molecule has 0 N–H and O–H groups in total. The number of pyridine rings is 1. The monoisotopic (exact) mass is 1220 g/mol. The smallest absolute Gasteiger partial charge is 0.135 e. The van der Waals surface area contributed by atoms with Gasteiger partial charge in [0.15, 0.2) is 0 Å². The molecule has 0 radical (unpaired) electrons. The molecule has 12 aromatic rings. The van der Waals surface area contributed by atoms with Gasteiger partial charge in [-0.1, -0.05) is 169 Å². The number of benzene rings is 10. The summed E-state index contributed by atoms with van der Waals surface area (Å²) in [4.78, 5) is 9.78. The Bertz CT molecular complexity index is 4360. The van der Waals surface area contributed by atoms with E-state index in [1.807, 2.05) is 12.1 Å². The zero-order valence-corrected chi connectivity index (χ0v) is 46.8. The molecule has 3 heterocycles. The molecule has 6 heteroatoms. The van der Waals surface area contributed by atoms with E-state index in [9.17, 15) is 0 Å². The molecule has 18 rings (SSSR count). The molecule has 5 nitrogen and oxygen atoms in total. The van der Waals surface area contributed by atoms with Crippen molar-refractivity contribution in [2.75, 3.05) is 9.80 Å². The van der Waals surface area contributed by atoms with Gasteiger partial charge in [-0.15, -0.1) is 48.1 Å². The van der Waals surface area contributed by atoms with Gasteiger partial charge >= 0.3 is 0 Å². The van der Waals surface area contributed by atoms with Crippen LogP contribution in [0.25, 0.3) is 49.5 Å². The Hall–Kier alpha value is -8.50. The summed E-state index contributed by atoms with van der Waals surface area (Å²) in [5.74, 6) is 4.98. The second-order valence-corrected chi connectivity index (χ2v) is 23.1. The van der Waals surface area contributed by atoms with E-state index in [0.29, 0.717) is 23.3 Å². The SMILES string of the molecule is [Pt].[c-]1c(Oc2[c-]c3c(cc2)c2ccccc2n3-c2cc(C3(c4cccc5ccccc45)C4CC5CC(C4)CC3C5)ccn2)cccc1N1[CH-]N(c2ccc3c(c2)C(c2ccccc2)(c2ccccc2)c2ccccc2-3)c2ccccc21. The summed E-state index contributed by atoms with van der Waals surface area (Å²) in [6.07, 6.45) is 8.67. The van der Waals surface area contributed by atoms with Gasteiger partial charge in [0, 0.05) is 66.8 Å². The van der Waals surface area contributed by atoms with Crippen LogP contribution in [0.5, 0.6) is 11.5 Å². The first-order chi connectivity index (χ1) is 39.6. The van der Waals surface area contributed by atoms with Crippen LogP contribution >= 0.6 is 0 Å². The molecule has 5 aliphatic carbocycles. The molecule has 0 atom stereocenters. The standard InChI is InChI=1S/C75H55N4O.Pt/c1-3-19-52(20-4-1)75(53-21-5-2-6-22-53)67-28-11-9-26-62(67)63-35-33-58(46-68(63)75)78-48-77(70-31-13-14-32-71(70)78)57-23-16-24-59(45-57)80-60-34-36-65-64-27-10-12-30-69(64)79(72(65)47-60)73-44-54(37-38-76-73)74(55-40-49-39-50(42-55)43-56(74)41-49)66-29-15-18-51-17-7-8-25-61(51)66;/h1-38,44,46,48-50,55-56H,39-43H2;/q-3;. The zero-order valence-electron chi connectivity index (χ0n) is 44.5. The number of hydrogen-bond donors (Lipinski definition) is 0. The summed E-state index contributed by atoms with van der Waals surface area (Å²) in [7, 11) is 0. The Kier molecular flexibility index (Phi) is 11.2. The van der Waals surface area contributed by atoms with Gasteiger partial charge in [0.1, 0.15) is 5.82 Å². The normalized spacial score (nSPS) is 20.8. The molecule has 2 aromatic heterocycles. The van der Waals surface area contributed by atoms with Gasteiger partial charge in [-0.25, -0.2) is 4.98 Å². The topological polar surface area (TPSA) is 33.5 Å². The van der Waals surface area contributed by atoms with Crippen molar-refractivity contribution in [2.45, 2.75) is 42.9 Å². The molecule has 6 aliphatic rings. The molecule has 0 spiro atoms. The van der Waals surface area contributed by atoms with Crippen LogP contribution in [-0.2, 0) is 31.9 Å². The Labute approximate surface area is 487 Å². The molecule has 10 aromatic carbocycles. The largest absolute Gasteiger partial charge is 0.509 e. The van der Waals surface area contributed by atoms with Crippen molar-refractivity contribution in [3.8, 4) is 28.4 Å². The van der Waals surface area contributed by atoms with Crippen LogP contribution in [0.3, 0.4) is 0 Å². The quantitative estimate of drug-likeness (QED) is 0.135. The van der Waals surface area contributed by atoms with Crippen molar-refractivity contribution >= 4 is 55.3 Å². The number of nitrogens with zero attached hydrogens (tertiary/aromatic N) is 4. The van der Waals surface area contributed by atoms with Gasteiger partial charge in [-0.2, -0.15) is 12.1 Å². The van der Waals surface area contributed by atoms with Crippen molar-refractivity contribution in [2.24, 2.45) is 23.7 Å². The van der Waals surface area contributed by atoms with E-state index < -0.39 is 5.41 Å². The van der Waals surface area contributed by atoms with E-state index in [2.05, 4.69) is 264 Å². The maximum Gasteiger partial charge on any atom is 0.135 e. The third-order valence-electron chi connectivity index (χ3n) is 19.3. The number of rotatable bonds is 9. The molecule has 0 unspecified atom stereocenters. The van der Waals surface area contributed by atoms with E-state index in [-0.39, 0.29) is 26.5 Å². The van der Waals surface area contributed by atoms with Gasteiger partial charge in [-0.3, -0.25) is 0 Å². The van der Waals surface area contributed by atoms with Gasteiger partial charge in [0.25, 0.3) is 0 Å². The van der Waals surface area contributed by atoms with Crippen LogP contribution in [0.15, 0.2) is 243 Å². The third kappa shape index (κ3) is 7.17. The van der Waals surface area contributed by atoms with E-state index in [0.717, 1.165) is 62.2 Å². The van der Waals surface area contributed by atoms with Crippen LogP contribution in [0.2, 0.25) is 0 Å². The fourth-order valence-electron chi connectivity index (χ4n) is 16.4. The molecular weight excluding hydrogens is 1170 g/mol. The minimum atomic E-state index is -0.507. The maximum atomic E-state index is 6.86. The minimum absolute atomic E-state index is 0. The van der Waals surface area contributed by atoms with Gasteiger partial charge in [0.05, 0.1) is 5.41 Å². The van der Waals surface area contributed by atoms with E-state index >= 15 is 0 Å². The van der Waals surface area contributed by atoms with Crippen molar-refractivity contribution < 1.29 is 25.8 Å². The van der Waals surface area contributed by atoms with Gasteiger partial charge in [0.2, 0.25) is 0 Å². The molecule has 0 amide bonds. The summed E-state index contributed by atoms with van der Waals surface area (Å²) in [6.45, 7) is 2.20. The van der Waals surface area contributed by atoms with E-state index in [1.54, 1.807) is 0 Å². The number of ether oxygens (including phenoxy) is 1. The Morgan fingerprint density at radius 1 is 0.469 bits per heavy atom. The number of para-hydroxylation sites is 3. The Morgan fingerprint density at radius 2 is 1.10 bits per heavy atom. The molecule has 394 valence electrons. The number of anilines is 4. The summed E-state index contributed by atoms with van der Waals surface area (Å²) in [5, 5.41) is 4.98. The molecule has 4 saturated carbocycles. The van der Waals surface area contributed by atoms with Crippen LogP contribution in [0, 0.1) is 42.5 Å². The van der Waals surface area contributed by atoms with Crippen molar-refractivity contribution in [3.63, 3.8) is 0 Å². The average molecular weight is 1220 g/mol. The second-order valence-electron chi connectivity index (χ2n) is 23.1. The van der Waals surface area contributed by atoms with Crippen LogP contribution < -0.4 is 14.5 Å². The molecule has 4 fully saturated rings. The first-order valence-electron chi connectivity index (χ1n) is 28.6. The fourth-order valence-corrected chi connectivity index (χ4v) is 16.4. The number of aromatic nitrogens is 2. The number of fused-ring (bicyclic) bond motifs is 8. The first-order valence-corrected chi connectivity index (χ1v) is 28.6. The predicted octanol–water partition coefficient (Wildman–Crippen LogP) is 18.2. The Balaban J connectivity index is 0.00000542. The van der Waals surface area contributed by atoms with Crippen LogP contribution in [0.4, 0.5) is 22.7 Å². The Morgan fingerprint density at radius 3 is 1.89 bits per heavy atom. The summed E-state index contributed by atoms with van der Waals surface area (Å²) < 4.78 is 9.18. The molecule has 1 aliphatic heterocycles. The first kappa shape index (κ1) is 48.4. The van der Waals surface area contributed by atoms with Crippen LogP contribution in [0.1, 0.15) is 65.5 Å². The van der Waals surface area contributed by atoms with Gasteiger partial charge < -0.3 is 19.1 Å².